The van der Waals surface area contributed by atoms with Gasteiger partial charge in [0.1, 0.15) is 12.9 Å². The first kappa shape index (κ1) is 12.1. The van der Waals surface area contributed by atoms with E-state index in [0.29, 0.717) is 6.54 Å². The molecule has 90 valence electrons. The van der Waals surface area contributed by atoms with E-state index in [4.69, 9.17) is 5.73 Å². The van der Waals surface area contributed by atoms with E-state index < -0.39 is 0 Å². The van der Waals surface area contributed by atoms with Gasteiger partial charge in [-0.3, -0.25) is 4.79 Å². The van der Waals surface area contributed by atoms with Crippen molar-refractivity contribution in [3.05, 3.63) is 27.1 Å². The number of nitrogens with two attached hydrogens (primary N) is 1. The van der Waals surface area contributed by atoms with Crippen molar-refractivity contribution in [3.8, 4) is 0 Å². The number of nitrogens with one attached hydrogen (secondary N) is 1. The molecular formula is C9H10BrN5OS. The van der Waals surface area contributed by atoms with Crippen LogP contribution in [0.15, 0.2) is 22.2 Å². The number of thiophene rings is 1. The normalized spacial score (nSPS) is 10.4. The zero-order valence-electron chi connectivity index (χ0n) is 8.76. The molecule has 2 rings (SSSR count). The van der Waals surface area contributed by atoms with Gasteiger partial charge in [0.15, 0.2) is 0 Å². The zero-order valence-corrected chi connectivity index (χ0v) is 11.2. The first-order valence-electron chi connectivity index (χ1n) is 4.78. The van der Waals surface area contributed by atoms with Crippen LogP contribution in [0.3, 0.4) is 0 Å². The number of anilines is 1. The highest BCUT2D eigenvalue weighted by atomic mass is 79.9. The molecule has 0 aliphatic rings. The number of aromatic nitrogens is 3. The number of halogens is 1. The second kappa shape index (κ2) is 5.28. The molecule has 2 aromatic rings. The fraction of sp³-hybridized carbons (Fsp3) is 0.222. The van der Waals surface area contributed by atoms with Gasteiger partial charge >= 0.3 is 0 Å². The predicted molar refractivity (Wildman–Crippen MR) is 68.3 cm³/mol. The van der Waals surface area contributed by atoms with Crippen LogP contribution in [-0.2, 0) is 17.9 Å². The Balaban J connectivity index is 1.82. The first-order chi connectivity index (χ1) is 8.13. The van der Waals surface area contributed by atoms with Gasteiger partial charge < -0.3 is 11.1 Å². The quantitative estimate of drug-likeness (QED) is 0.881. The number of rotatable bonds is 4. The number of carbonyl (C=O) groups is 1. The Morgan fingerprint density at radius 3 is 3.06 bits per heavy atom. The maximum Gasteiger partial charge on any atom is 0.242 e. The summed E-state index contributed by atoms with van der Waals surface area (Å²) in [7, 11) is 0. The Labute approximate surface area is 110 Å². The molecule has 2 aromatic heterocycles. The molecule has 0 fully saturated rings. The molecule has 0 spiro atoms. The molecule has 17 heavy (non-hydrogen) atoms. The van der Waals surface area contributed by atoms with E-state index in [-0.39, 0.29) is 18.4 Å². The van der Waals surface area contributed by atoms with Gasteiger partial charge in [-0.05, 0) is 22.0 Å². The molecule has 8 heteroatoms. The molecule has 3 N–H and O–H groups in total. The lowest BCUT2D eigenvalue weighted by atomic mass is 10.4. The largest absolute Gasteiger partial charge is 0.367 e. The van der Waals surface area contributed by atoms with Crippen molar-refractivity contribution in [3.63, 3.8) is 0 Å². The number of hydrogen-bond donors (Lipinski definition) is 2. The summed E-state index contributed by atoms with van der Waals surface area (Å²) < 4.78 is 2.42. The fourth-order valence-corrected chi connectivity index (χ4v) is 2.61. The minimum Gasteiger partial charge on any atom is -0.367 e. The second-order valence-electron chi connectivity index (χ2n) is 3.31. The Kier molecular flexibility index (Phi) is 3.75. The number of nitrogen functional groups attached to an aromatic ring is 1. The highest BCUT2D eigenvalue weighted by Crippen LogP contribution is 2.19. The maximum atomic E-state index is 11.6. The summed E-state index contributed by atoms with van der Waals surface area (Å²) in [4.78, 5) is 16.4. The van der Waals surface area contributed by atoms with Crippen molar-refractivity contribution in [1.29, 1.82) is 0 Å². The van der Waals surface area contributed by atoms with Gasteiger partial charge in [-0.2, -0.15) is 0 Å². The highest BCUT2D eigenvalue weighted by Gasteiger charge is 2.05. The second-order valence-corrected chi connectivity index (χ2v) is 5.22. The SMILES string of the molecule is Nc1ncn(CC(=O)NCc2cc(Br)cs2)n1. The topological polar surface area (TPSA) is 85.8 Å². The van der Waals surface area contributed by atoms with E-state index in [2.05, 4.69) is 31.3 Å². The van der Waals surface area contributed by atoms with Gasteiger partial charge in [0, 0.05) is 14.7 Å². The number of carbonyl (C=O) groups excluding carboxylic acids is 1. The van der Waals surface area contributed by atoms with E-state index in [1.165, 1.54) is 11.0 Å². The molecule has 6 nitrogen and oxygen atoms in total. The van der Waals surface area contributed by atoms with Crippen LogP contribution in [-0.4, -0.2) is 20.7 Å². The van der Waals surface area contributed by atoms with Crippen LogP contribution in [0.1, 0.15) is 4.88 Å². The predicted octanol–water partition coefficient (Wildman–Crippen LogP) is 1.00. The third-order valence-corrected chi connectivity index (χ3v) is 3.64. The monoisotopic (exact) mass is 315 g/mol. The lowest BCUT2D eigenvalue weighted by molar-refractivity contribution is -0.122. The lowest BCUT2D eigenvalue weighted by Gasteiger charge is -2.02. The summed E-state index contributed by atoms with van der Waals surface area (Å²) in [6, 6.07) is 1.97. The van der Waals surface area contributed by atoms with E-state index in [1.807, 2.05) is 11.4 Å². The number of nitrogens with zero attached hydrogens (tertiary/aromatic N) is 3. The van der Waals surface area contributed by atoms with Crippen molar-refractivity contribution >= 4 is 39.1 Å². The first-order valence-corrected chi connectivity index (χ1v) is 6.45. The van der Waals surface area contributed by atoms with Crippen molar-refractivity contribution < 1.29 is 4.79 Å². The van der Waals surface area contributed by atoms with Crippen molar-refractivity contribution in [2.75, 3.05) is 5.73 Å². The van der Waals surface area contributed by atoms with Crippen LogP contribution in [0.25, 0.3) is 0 Å². The third-order valence-electron chi connectivity index (χ3n) is 1.94. The average Bonchev–Trinajstić information content (AvgIpc) is 2.85. The molecule has 0 atom stereocenters. The zero-order chi connectivity index (χ0) is 12.3. The van der Waals surface area contributed by atoms with E-state index in [1.54, 1.807) is 11.3 Å². The molecule has 0 aliphatic carbocycles. The Morgan fingerprint density at radius 2 is 2.47 bits per heavy atom. The van der Waals surface area contributed by atoms with Crippen LogP contribution < -0.4 is 11.1 Å². The summed E-state index contributed by atoms with van der Waals surface area (Å²) in [6.45, 7) is 0.635. The molecule has 0 bridgehead atoms. The van der Waals surface area contributed by atoms with Crippen LogP contribution >= 0.6 is 27.3 Å². The summed E-state index contributed by atoms with van der Waals surface area (Å²) in [5.41, 5.74) is 5.34. The van der Waals surface area contributed by atoms with Gasteiger partial charge in [0.2, 0.25) is 11.9 Å². The minimum absolute atomic E-state index is 0.122. The molecule has 0 aliphatic heterocycles. The molecule has 0 unspecified atom stereocenters. The van der Waals surface area contributed by atoms with Crippen molar-refractivity contribution in [2.45, 2.75) is 13.1 Å². The van der Waals surface area contributed by atoms with E-state index >= 15 is 0 Å². The average molecular weight is 316 g/mol. The molecule has 1 amide bonds. The summed E-state index contributed by atoms with van der Waals surface area (Å²) in [6.07, 6.45) is 1.43. The standard InChI is InChI=1S/C9H10BrN5OS/c10-6-1-7(17-4-6)2-12-8(16)3-15-5-13-9(11)14-15/h1,4-5H,2-3H2,(H2,11,14)(H,12,16). The Hall–Kier alpha value is -1.41. The highest BCUT2D eigenvalue weighted by molar-refractivity contribution is 9.10. The van der Waals surface area contributed by atoms with Gasteiger partial charge in [-0.25, -0.2) is 9.67 Å². The van der Waals surface area contributed by atoms with Gasteiger partial charge in [0.05, 0.1) is 6.54 Å². The number of hydrogen-bond acceptors (Lipinski definition) is 5. The van der Waals surface area contributed by atoms with E-state index in [9.17, 15) is 4.79 Å². The van der Waals surface area contributed by atoms with Crippen molar-refractivity contribution in [2.24, 2.45) is 0 Å². The third kappa shape index (κ3) is 3.53. The summed E-state index contributed by atoms with van der Waals surface area (Å²) in [5.74, 6) is 0.0411. The molecular weight excluding hydrogens is 306 g/mol. The molecule has 0 aromatic carbocycles. The smallest absolute Gasteiger partial charge is 0.242 e. The fourth-order valence-electron chi connectivity index (χ4n) is 1.22. The minimum atomic E-state index is -0.126. The Morgan fingerprint density at radius 1 is 1.65 bits per heavy atom. The Bertz CT molecular complexity index is 523. The van der Waals surface area contributed by atoms with Crippen LogP contribution in [0.2, 0.25) is 0 Å². The van der Waals surface area contributed by atoms with Crippen LogP contribution in [0.4, 0.5) is 5.95 Å². The maximum absolute atomic E-state index is 11.6. The summed E-state index contributed by atoms with van der Waals surface area (Å²) in [5, 5.41) is 8.59. The van der Waals surface area contributed by atoms with E-state index in [0.717, 1.165) is 9.35 Å². The van der Waals surface area contributed by atoms with Gasteiger partial charge in [-0.1, -0.05) is 0 Å². The lowest BCUT2D eigenvalue weighted by Crippen LogP contribution is -2.27. The number of amides is 1. The van der Waals surface area contributed by atoms with Crippen LogP contribution in [0, 0.1) is 0 Å². The summed E-state index contributed by atoms with van der Waals surface area (Å²) >= 11 is 4.94. The van der Waals surface area contributed by atoms with Gasteiger partial charge in [-0.15, -0.1) is 16.4 Å². The van der Waals surface area contributed by atoms with Crippen molar-refractivity contribution in [1.82, 2.24) is 20.1 Å². The van der Waals surface area contributed by atoms with Crippen LogP contribution in [0.5, 0.6) is 0 Å². The molecule has 0 saturated carbocycles. The molecule has 0 saturated heterocycles. The molecule has 0 radical (unpaired) electrons. The molecule has 2 heterocycles. The van der Waals surface area contributed by atoms with Gasteiger partial charge in [0.25, 0.3) is 0 Å².